The van der Waals surface area contributed by atoms with Crippen molar-refractivity contribution in [1.29, 1.82) is 0 Å². The number of hydrogen-bond acceptors (Lipinski definition) is 4. The second-order valence-corrected chi connectivity index (χ2v) is 8.96. The van der Waals surface area contributed by atoms with Crippen molar-refractivity contribution >= 4 is 34.4 Å². The van der Waals surface area contributed by atoms with Gasteiger partial charge in [-0.05, 0) is 77.0 Å². The van der Waals surface area contributed by atoms with Crippen LogP contribution in [0.4, 0.5) is 0 Å². The number of halogens is 1. The van der Waals surface area contributed by atoms with E-state index in [1.807, 2.05) is 85.8 Å². The van der Waals surface area contributed by atoms with Crippen LogP contribution >= 0.6 is 22.6 Å². The molecule has 0 aromatic heterocycles. The van der Waals surface area contributed by atoms with E-state index in [0.29, 0.717) is 24.5 Å². The minimum atomic E-state index is -0.693. The van der Waals surface area contributed by atoms with E-state index < -0.39 is 6.04 Å². The average Bonchev–Trinajstić information content (AvgIpc) is 2.86. The van der Waals surface area contributed by atoms with E-state index in [-0.39, 0.29) is 25.0 Å². The number of carbonyl (C=O) groups is 2. The summed E-state index contributed by atoms with van der Waals surface area (Å²) in [5, 5.41) is 2.89. The number of ether oxygens (including phenoxy) is 2. The van der Waals surface area contributed by atoms with Crippen LogP contribution in [0, 0.1) is 3.57 Å². The van der Waals surface area contributed by atoms with Crippen LogP contribution in [0.15, 0.2) is 78.9 Å². The van der Waals surface area contributed by atoms with Crippen LogP contribution in [-0.2, 0) is 22.6 Å². The molecule has 0 aliphatic carbocycles. The van der Waals surface area contributed by atoms with Gasteiger partial charge in [0.1, 0.15) is 17.5 Å². The Kier molecular flexibility index (Phi) is 9.75. The second-order valence-electron chi connectivity index (χ2n) is 7.72. The Hall–Kier alpha value is -3.07. The zero-order valence-electron chi connectivity index (χ0n) is 19.4. The Labute approximate surface area is 214 Å². The van der Waals surface area contributed by atoms with Crippen LogP contribution in [0.2, 0.25) is 0 Å². The van der Waals surface area contributed by atoms with Crippen molar-refractivity contribution in [3.05, 3.63) is 93.6 Å². The summed E-state index contributed by atoms with van der Waals surface area (Å²) in [6, 6.07) is 24.0. The quantitative estimate of drug-likeness (QED) is 0.345. The predicted molar refractivity (Wildman–Crippen MR) is 141 cm³/mol. The molecule has 34 heavy (non-hydrogen) atoms. The van der Waals surface area contributed by atoms with Gasteiger partial charge in [-0.25, -0.2) is 0 Å². The van der Waals surface area contributed by atoms with Gasteiger partial charge in [0.2, 0.25) is 5.91 Å². The summed E-state index contributed by atoms with van der Waals surface area (Å²) in [5.74, 6) is 0.829. The zero-order valence-corrected chi connectivity index (χ0v) is 21.5. The van der Waals surface area contributed by atoms with E-state index in [1.54, 1.807) is 12.0 Å². The predicted octanol–water partition coefficient (Wildman–Crippen LogP) is 4.45. The summed E-state index contributed by atoms with van der Waals surface area (Å²) < 4.78 is 12.2. The molecule has 3 aromatic carbocycles. The number of methoxy groups -OCH3 is 1. The van der Waals surface area contributed by atoms with Crippen LogP contribution < -0.4 is 14.8 Å². The zero-order chi connectivity index (χ0) is 24.3. The van der Waals surface area contributed by atoms with Gasteiger partial charge in [-0.1, -0.05) is 42.5 Å². The van der Waals surface area contributed by atoms with Gasteiger partial charge in [0.25, 0.3) is 5.91 Å². The molecule has 0 spiro atoms. The summed E-state index contributed by atoms with van der Waals surface area (Å²) in [5.41, 5.74) is 1.84. The molecule has 6 nitrogen and oxygen atoms in total. The van der Waals surface area contributed by atoms with E-state index in [0.717, 1.165) is 14.7 Å². The van der Waals surface area contributed by atoms with Crippen molar-refractivity contribution < 1.29 is 19.1 Å². The van der Waals surface area contributed by atoms with Gasteiger partial charge in [0.05, 0.1) is 7.11 Å². The number of benzene rings is 3. The molecule has 0 saturated heterocycles. The average molecular weight is 572 g/mol. The van der Waals surface area contributed by atoms with E-state index in [4.69, 9.17) is 9.47 Å². The lowest BCUT2D eigenvalue weighted by Gasteiger charge is -2.31. The van der Waals surface area contributed by atoms with Crippen LogP contribution in [0.3, 0.4) is 0 Å². The number of rotatable bonds is 11. The lowest BCUT2D eigenvalue weighted by molar-refractivity contribution is -0.142. The van der Waals surface area contributed by atoms with Crippen LogP contribution in [-0.4, -0.2) is 43.0 Å². The molecule has 7 heteroatoms. The van der Waals surface area contributed by atoms with Gasteiger partial charge < -0.3 is 19.7 Å². The number of amides is 2. The number of carbonyl (C=O) groups excluding carboxylic acids is 2. The molecule has 0 aliphatic heterocycles. The molecule has 3 rings (SSSR count). The first-order chi connectivity index (χ1) is 16.5. The maximum atomic E-state index is 13.5. The fraction of sp³-hybridized carbons (Fsp3) is 0.259. The van der Waals surface area contributed by atoms with Gasteiger partial charge >= 0.3 is 0 Å². The van der Waals surface area contributed by atoms with Gasteiger partial charge in [0, 0.05) is 23.1 Å². The number of hydrogen-bond donors (Lipinski definition) is 1. The van der Waals surface area contributed by atoms with Crippen molar-refractivity contribution in [3.63, 3.8) is 0 Å². The van der Waals surface area contributed by atoms with E-state index >= 15 is 0 Å². The molecule has 0 fully saturated rings. The lowest BCUT2D eigenvalue weighted by Crippen LogP contribution is -2.51. The molecule has 1 N–H and O–H groups in total. The number of nitrogens with zero attached hydrogens (tertiary/aromatic N) is 1. The normalized spacial score (nSPS) is 11.4. The summed E-state index contributed by atoms with van der Waals surface area (Å²) >= 11 is 2.22. The van der Waals surface area contributed by atoms with Crippen molar-refractivity contribution in [3.8, 4) is 11.5 Å². The maximum absolute atomic E-state index is 13.5. The van der Waals surface area contributed by atoms with Gasteiger partial charge in [0.15, 0.2) is 6.61 Å². The van der Waals surface area contributed by atoms with E-state index in [1.165, 1.54) is 0 Å². The fourth-order valence-electron chi connectivity index (χ4n) is 3.57. The van der Waals surface area contributed by atoms with Gasteiger partial charge in [-0.2, -0.15) is 0 Å². The third-order valence-corrected chi connectivity index (χ3v) is 6.00. The largest absolute Gasteiger partial charge is 0.497 e. The van der Waals surface area contributed by atoms with Crippen molar-refractivity contribution in [2.75, 3.05) is 20.3 Å². The van der Waals surface area contributed by atoms with E-state index in [9.17, 15) is 9.59 Å². The van der Waals surface area contributed by atoms with Crippen molar-refractivity contribution in [1.82, 2.24) is 10.2 Å². The number of likely N-dealkylation sites (N-methyl/N-ethyl adjacent to an activating group) is 1. The summed E-state index contributed by atoms with van der Waals surface area (Å²) in [7, 11) is 1.60. The standard InChI is InChI=1S/C27H29IN2O4/c1-3-29-27(32)25(17-20-8-5-4-6-9-20)30(18-21-10-7-11-24(16-21)33-2)26(31)19-34-23-14-12-22(28)13-15-23/h4-16,25H,3,17-19H2,1-2H3,(H,29,32)/t25-/m1/s1. The second kappa shape index (κ2) is 13.0. The molecule has 3 aromatic rings. The smallest absolute Gasteiger partial charge is 0.261 e. The first-order valence-corrected chi connectivity index (χ1v) is 12.2. The van der Waals surface area contributed by atoms with Crippen molar-refractivity contribution in [2.24, 2.45) is 0 Å². The highest BCUT2D eigenvalue weighted by atomic mass is 127. The molecule has 1 atom stereocenters. The third-order valence-electron chi connectivity index (χ3n) is 5.29. The molecular weight excluding hydrogens is 543 g/mol. The van der Waals surface area contributed by atoms with Gasteiger partial charge in [-0.3, -0.25) is 9.59 Å². The third kappa shape index (κ3) is 7.48. The molecule has 0 unspecified atom stereocenters. The molecule has 0 bridgehead atoms. The molecule has 0 aliphatic rings. The Morgan fingerprint density at radius 1 is 0.941 bits per heavy atom. The Morgan fingerprint density at radius 3 is 2.32 bits per heavy atom. The van der Waals surface area contributed by atoms with Crippen LogP contribution in [0.5, 0.6) is 11.5 Å². The number of nitrogens with one attached hydrogen (secondary N) is 1. The van der Waals surface area contributed by atoms with Crippen molar-refractivity contribution in [2.45, 2.75) is 25.9 Å². The lowest BCUT2D eigenvalue weighted by atomic mass is 10.0. The first-order valence-electron chi connectivity index (χ1n) is 11.1. The minimum absolute atomic E-state index is 0.171. The van der Waals surface area contributed by atoms with Crippen LogP contribution in [0.1, 0.15) is 18.1 Å². The highest BCUT2D eigenvalue weighted by Gasteiger charge is 2.30. The molecule has 0 saturated carbocycles. The monoisotopic (exact) mass is 572 g/mol. The highest BCUT2D eigenvalue weighted by molar-refractivity contribution is 14.1. The minimum Gasteiger partial charge on any atom is -0.497 e. The Bertz CT molecular complexity index is 1070. The summed E-state index contributed by atoms with van der Waals surface area (Å²) in [4.78, 5) is 28.2. The Morgan fingerprint density at radius 2 is 1.65 bits per heavy atom. The summed E-state index contributed by atoms with van der Waals surface area (Å²) in [6.45, 7) is 2.42. The first kappa shape index (κ1) is 25.6. The fourth-order valence-corrected chi connectivity index (χ4v) is 3.93. The summed E-state index contributed by atoms with van der Waals surface area (Å²) in [6.07, 6.45) is 0.395. The molecule has 0 radical (unpaired) electrons. The maximum Gasteiger partial charge on any atom is 0.261 e. The SMILES string of the molecule is CCNC(=O)[C@@H](Cc1ccccc1)N(Cc1cccc(OC)c1)C(=O)COc1ccc(I)cc1. The van der Waals surface area contributed by atoms with E-state index in [2.05, 4.69) is 27.9 Å². The molecule has 2 amide bonds. The molecule has 178 valence electrons. The van der Waals surface area contributed by atoms with Gasteiger partial charge in [-0.15, -0.1) is 0 Å². The molecular formula is C27H29IN2O4. The highest BCUT2D eigenvalue weighted by Crippen LogP contribution is 2.19. The Balaban J connectivity index is 1.89. The molecule has 0 heterocycles. The topological polar surface area (TPSA) is 67.9 Å². The van der Waals surface area contributed by atoms with Crippen LogP contribution in [0.25, 0.3) is 0 Å².